The summed E-state index contributed by atoms with van der Waals surface area (Å²) >= 11 is 0. The van der Waals surface area contributed by atoms with Gasteiger partial charge in [0.05, 0.1) is 11.6 Å². The van der Waals surface area contributed by atoms with Gasteiger partial charge in [-0.15, -0.1) is 0 Å². The topological polar surface area (TPSA) is 128 Å². The number of H-pyrrole nitrogens is 1. The van der Waals surface area contributed by atoms with Gasteiger partial charge >= 0.3 is 6.15 Å². The number of nitrogens with one attached hydrogen (secondary N) is 1. The largest absolute Gasteiger partial charge is 0.508 e. The number of para-hydroxylation sites is 1. The zero-order valence-corrected chi connectivity index (χ0v) is 18.5. The molecule has 0 saturated heterocycles. The van der Waals surface area contributed by atoms with Crippen LogP contribution in [0.25, 0.3) is 10.9 Å². The third kappa shape index (κ3) is 4.42. The Hall–Kier alpha value is -4.16. The summed E-state index contributed by atoms with van der Waals surface area (Å²) in [4.78, 5) is 46.2. The van der Waals surface area contributed by atoms with Gasteiger partial charge in [-0.3, -0.25) is 9.59 Å². The molecule has 0 bridgehead atoms. The molecule has 1 aromatic heterocycles. The number of amides is 1. The zero-order chi connectivity index (χ0) is 24.3. The number of phenols is 1. The number of aliphatic hydroxyl groups is 1. The Bertz CT molecular complexity index is 1300. The van der Waals surface area contributed by atoms with Crippen LogP contribution in [0.2, 0.25) is 0 Å². The highest BCUT2D eigenvalue weighted by Gasteiger charge is 2.43. The number of aromatic nitrogens is 1. The van der Waals surface area contributed by atoms with E-state index in [1.165, 1.54) is 11.8 Å². The molecule has 8 heteroatoms. The Kier molecular flexibility index (Phi) is 6.80. The fourth-order valence-electron chi connectivity index (χ4n) is 4.34. The summed E-state index contributed by atoms with van der Waals surface area (Å²) < 4.78 is 0. The van der Waals surface area contributed by atoms with E-state index >= 15 is 0 Å². The van der Waals surface area contributed by atoms with Crippen LogP contribution >= 0.6 is 0 Å². The molecule has 0 aliphatic carbocycles. The number of hydrogen-bond donors (Lipinski definition) is 3. The fourth-order valence-corrected chi connectivity index (χ4v) is 4.34. The number of aromatic hydroxyl groups is 1. The molecule has 1 atom stereocenters. The molecular weight excluding hydrogens is 424 g/mol. The van der Waals surface area contributed by atoms with Crippen molar-refractivity contribution in [2.45, 2.75) is 33.2 Å². The first-order valence-corrected chi connectivity index (χ1v) is 10.3. The maximum atomic E-state index is 12.9. The van der Waals surface area contributed by atoms with Gasteiger partial charge in [0.15, 0.2) is 11.5 Å². The number of aliphatic hydroxyl groups excluding tert-OH is 1. The van der Waals surface area contributed by atoms with E-state index in [0.717, 1.165) is 27.7 Å². The number of ketones is 1. The third-order valence-electron chi connectivity index (χ3n) is 5.79. The molecule has 33 heavy (non-hydrogen) atoms. The number of hydrogen-bond acceptors (Lipinski definition) is 6. The number of aryl methyl sites for hydroxylation is 2. The third-order valence-corrected chi connectivity index (χ3v) is 5.79. The molecule has 3 N–H and O–H groups in total. The molecule has 2 aromatic carbocycles. The molecule has 0 radical (unpaired) electrons. The van der Waals surface area contributed by atoms with Gasteiger partial charge in [0.2, 0.25) is 0 Å². The molecule has 2 heterocycles. The number of phenolic OH excluding ortho intramolecular Hbond substituents is 1. The predicted octanol–water partition coefficient (Wildman–Crippen LogP) is 3.43. The highest BCUT2D eigenvalue weighted by molar-refractivity contribution is 6.08. The van der Waals surface area contributed by atoms with Crippen LogP contribution in [-0.2, 0) is 25.6 Å². The lowest BCUT2D eigenvalue weighted by Gasteiger charge is -2.27. The molecule has 1 aliphatic rings. The fraction of sp³-hybridized carbons (Fsp3) is 0.240. The Morgan fingerprint density at radius 2 is 1.79 bits per heavy atom. The van der Waals surface area contributed by atoms with Crippen molar-refractivity contribution in [1.82, 2.24) is 9.88 Å². The molecule has 1 aliphatic heterocycles. The molecule has 0 fully saturated rings. The predicted molar refractivity (Wildman–Crippen MR) is 119 cm³/mol. The summed E-state index contributed by atoms with van der Waals surface area (Å²) in [6, 6.07) is 12.2. The second-order valence-electron chi connectivity index (χ2n) is 7.89. The molecule has 1 amide bonds. The van der Waals surface area contributed by atoms with E-state index in [1.54, 1.807) is 12.1 Å². The number of nitrogens with zero attached hydrogens (tertiary/aromatic N) is 1. The van der Waals surface area contributed by atoms with Crippen LogP contribution in [-0.4, -0.2) is 44.5 Å². The Morgan fingerprint density at radius 3 is 2.42 bits per heavy atom. The molecule has 8 nitrogen and oxygen atoms in total. The minimum Gasteiger partial charge on any atom is -0.508 e. The molecular formula is C25H24N2O6. The van der Waals surface area contributed by atoms with Crippen molar-refractivity contribution in [2.24, 2.45) is 0 Å². The van der Waals surface area contributed by atoms with Crippen molar-refractivity contribution >= 4 is 28.7 Å². The van der Waals surface area contributed by atoms with Gasteiger partial charge in [0.25, 0.3) is 5.91 Å². The summed E-state index contributed by atoms with van der Waals surface area (Å²) in [6.07, 6.45) is 0.795. The van der Waals surface area contributed by atoms with Crippen molar-refractivity contribution < 1.29 is 29.4 Å². The van der Waals surface area contributed by atoms with Gasteiger partial charge in [-0.2, -0.15) is 9.59 Å². The van der Waals surface area contributed by atoms with Gasteiger partial charge in [0, 0.05) is 28.7 Å². The van der Waals surface area contributed by atoms with Gasteiger partial charge in [0.1, 0.15) is 5.75 Å². The summed E-state index contributed by atoms with van der Waals surface area (Å²) in [6.45, 7) is 5.45. The van der Waals surface area contributed by atoms with Crippen molar-refractivity contribution in [3.63, 3.8) is 0 Å². The van der Waals surface area contributed by atoms with Crippen LogP contribution in [0.3, 0.4) is 0 Å². The van der Waals surface area contributed by atoms with E-state index in [0.29, 0.717) is 18.5 Å². The number of benzene rings is 2. The number of carbonyl (C=O) groups is 2. The number of rotatable bonds is 5. The normalized spacial score (nSPS) is 15.4. The number of Topliss-reactive ketones (excluding diaryl/α,β-unsaturated/α-hetero) is 1. The van der Waals surface area contributed by atoms with Gasteiger partial charge < -0.3 is 20.1 Å². The summed E-state index contributed by atoms with van der Waals surface area (Å²) in [5, 5.41) is 22.0. The van der Waals surface area contributed by atoms with Crippen LogP contribution in [0.4, 0.5) is 0 Å². The van der Waals surface area contributed by atoms with Gasteiger partial charge in [-0.25, -0.2) is 0 Å². The second-order valence-corrected chi connectivity index (χ2v) is 7.89. The van der Waals surface area contributed by atoms with Crippen molar-refractivity contribution in [3.05, 3.63) is 76.2 Å². The highest BCUT2D eigenvalue weighted by Crippen LogP contribution is 2.41. The maximum absolute atomic E-state index is 12.9. The molecule has 170 valence electrons. The lowest BCUT2D eigenvalue weighted by Crippen LogP contribution is -2.33. The second kappa shape index (κ2) is 9.54. The first-order valence-electron chi connectivity index (χ1n) is 10.3. The average molecular weight is 448 g/mol. The van der Waals surface area contributed by atoms with E-state index in [4.69, 9.17) is 9.59 Å². The first-order chi connectivity index (χ1) is 15.7. The smallest absolute Gasteiger partial charge is 0.373 e. The lowest BCUT2D eigenvalue weighted by atomic mass is 9.95. The summed E-state index contributed by atoms with van der Waals surface area (Å²) in [5.41, 5.74) is 4.44. The zero-order valence-electron chi connectivity index (χ0n) is 18.5. The SMILES string of the molecule is CC(=O)C1=C(O)C(=O)N(CCc2c(C)[nH]c3ccccc23)C1c1ccc(C)cc1O.O=C=O. The van der Waals surface area contributed by atoms with Crippen molar-refractivity contribution in [1.29, 1.82) is 0 Å². The van der Waals surface area contributed by atoms with E-state index in [-0.39, 0.29) is 17.5 Å². The van der Waals surface area contributed by atoms with Crippen LogP contribution in [0, 0.1) is 13.8 Å². The summed E-state index contributed by atoms with van der Waals surface area (Å²) in [5.74, 6) is -1.53. The van der Waals surface area contributed by atoms with Crippen molar-refractivity contribution in [3.8, 4) is 5.75 Å². The van der Waals surface area contributed by atoms with Crippen LogP contribution in [0.15, 0.2) is 53.8 Å². The standard InChI is InChI=1S/C24H24N2O4.CO2/c1-13-8-9-18(20(28)12-13)22-21(15(3)27)23(29)24(30)26(22)11-10-16-14(2)25-19-7-5-4-6-17(16)19;2-1-3/h4-9,12,22,25,28-29H,10-11H2,1-3H3;. The Labute approximate surface area is 190 Å². The molecule has 4 rings (SSSR count). The number of aromatic amines is 1. The highest BCUT2D eigenvalue weighted by atomic mass is 16.3. The number of carbonyl (C=O) groups excluding carboxylic acids is 4. The van der Waals surface area contributed by atoms with E-state index in [2.05, 4.69) is 4.98 Å². The first kappa shape index (κ1) is 23.5. The van der Waals surface area contributed by atoms with Crippen LogP contribution in [0.1, 0.15) is 35.3 Å². The van der Waals surface area contributed by atoms with Crippen LogP contribution < -0.4 is 0 Å². The Balaban J connectivity index is 0.000000968. The average Bonchev–Trinajstić information content (AvgIpc) is 3.20. The molecule has 0 saturated carbocycles. The molecule has 0 spiro atoms. The van der Waals surface area contributed by atoms with Gasteiger partial charge in [-0.05, 0) is 50.5 Å². The molecule has 3 aromatic rings. The Morgan fingerprint density at radius 1 is 1.12 bits per heavy atom. The van der Waals surface area contributed by atoms with E-state index < -0.39 is 23.5 Å². The van der Waals surface area contributed by atoms with E-state index in [1.807, 2.05) is 44.2 Å². The minimum absolute atomic E-state index is 0.00507. The van der Waals surface area contributed by atoms with Crippen LogP contribution in [0.5, 0.6) is 5.75 Å². The number of fused-ring (bicyclic) bond motifs is 1. The monoisotopic (exact) mass is 448 g/mol. The quantitative estimate of drug-likeness (QED) is 0.549. The van der Waals surface area contributed by atoms with Crippen molar-refractivity contribution in [2.75, 3.05) is 6.54 Å². The molecule has 1 unspecified atom stereocenters. The minimum atomic E-state index is -0.818. The summed E-state index contributed by atoms with van der Waals surface area (Å²) in [7, 11) is 0. The van der Waals surface area contributed by atoms with Gasteiger partial charge in [-0.1, -0.05) is 30.3 Å². The maximum Gasteiger partial charge on any atom is 0.373 e. The van der Waals surface area contributed by atoms with E-state index in [9.17, 15) is 19.8 Å². The lowest BCUT2D eigenvalue weighted by molar-refractivity contribution is -0.191.